The Bertz CT molecular complexity index is 589. The molecule has 1 amide bonds. The highest BCUT2D eigenvalue weighted by atomic mass is 16.5. The predicted octanol–water partition coefficient (Wildman–Crippen LogP) is 1.22. The van der Waals surface area contributed by atoms with Crippen LogP contribution in [0.25, 0.3) is 0 Å². The quantitative estimate of drug-likeness (QED) is 0.892. The largest absolute Gasteiger partial charge is 0.472 e. The second-order valence-electron chi connectivity index (χ2n) is 6.91. The molecule has 0 aliphatic carbocycles. The van der Waals surface area contributed by atoms with Gasteiger partial charge in [-0.1, -0.05) is 0 Å². The van der Waals surface area contributed by atoms with Crippen molar-refractivity contribution >= 4 is 11.7 Å². The zero-order chi connectivity index (χ0) is 17.2. The summed E-state index contributed by atoms with van der Waals surface area (Å²) in [6.45, 7) is 6.31. The van der Waals surface area contributed by atoms with Crippen molar-refractivity contribution in [3.8, 4) is 5.88 Å². The van der Waals surface area contributed by atoms with E-state index in [0.29, 0.717) is 18.1 Å². The van der Waals surface area contributed by atoms with Crippen LogP contribution in [0.2, 0.25) is 0 Å². The summed E-state index contributed by atoms with van der Waals surface area (Å²) in [5.74, 6) is 0.892. The van der Waals surface area contributed by atoms with E-state index in [1.165, 1.54) is 0 Å². The van der Waals surface area contributed by atoms with Gasteiger partial charge >= 0.3 is 0 Å². The minimum absolute atomic E-state index is 0.0182. The van der Waals surface area contributed by atoms with Gasteiger partial charge in [-0.3, -0.25) is 4.79 Å². The maximum absolute atomic E-state index is 12.7. The molecule has 0 saturated carbocycles. The van der Waals surface area contributed by atoms with Crippen LogP contribution in [0.4, 0.5) is 5.82 Å². The molecule has 0 spiro atoms. The minimum atomic E-state index is -1.35. The van der Waals surface area contributed by atoms with Gasteiger partial charge in [0.2, 0.25) is 0 Å². The Hall–Kier alpha value is -1.89. The Balaban J connectivity index is 1.79. The lowest BCUT2D eigenvalue weighted by molar-refractivity contribution is -0.151. The van der Waals surface area contributed by atoms with Crippen LogP contribution in [-0.4, -0.2) is 63.8 Å². The van der Waals surface area contributed by atoms with Gasteiger partial charge in [-0.05, 0) is 39.5 Å². The number of likely N-dealkylation sites (tertiary alicyclic amines) is 1. The van der Waals surface area contributed by atoms with Gasteiger partial charge < -0.3 is 19.6 Å². The monoisotopic (exact) mass is 334 g/mol. The zero-order valence-corrected chi connectivity index (χ0v) is 14.4. The number of piperidine rings is 1. The van der Waals surface area contributed by atoms with Crippen LogP contribution in [0, 0.1) is 0 Å². The molecule has 0 aromatic carbocycles. The van der Waals surface area contributed by atoms with Crippen molar-refractivity contribution in [2.45, 2.75) is 51.2 Å². The molecule has 132 valence electrons. The number of amides is 1. The normalized spacial score (nSPS) is 24.5. The lowest BCUT2D eigenvalue weighted by Gasteiger charge is -2.40. The molecule has 24 heavy (non-hydrogen) atoms. The van der Waals surface area contributed by atoms with E-state index in [-0.39, 0.29) is 18.6 Å². The molecule has 1 unspecified atom stereocenters. The molecule has 3 heterocycles. The Morgan fingerprint density at radius 3 is 2.62 bits per heavy atom. The molecule has 0 radical (unpaired) electrons. The molecular weight excluding hydrogens is 308 g/mol. The molecule has 7 nitrogen and oxygen atoms in total. The van der Waals surface area contributed by atoms with E-state index in [1.54, 1.807) is 17.3 Å². The smallest absolute Gasteiger partial charge is 0.257 e. The number of aliphatic hydroxyl groups is 1. The molecule has 2 saturated heterocycles. The fourth-order valence-electron chi connectivity index (χ4n) is 3.45. The highest BCUT2D eigenvalue weighted by Crippen LogP contribution is 2.31. The summed E-state index contributed by atoms with van der Waals surface area (Å²) >= 11 is 0. The van der Waals surface area contributed by atoms with Crippen molar-refractivity contribution in [2.75, 3.05) is 31.1 Å². The van der Waals surface area contributed by atoms with Gasteiger partial charge in [-0.15, -0.1) is 0 Å². The molecule has 2 aliphatic rings. The molecule has 1 aromatic rings. The van der Waals surface area contributed by atoms with Gasteiger partial charge in [0.05, 0.1) is 12.6 Å². The number of nitrogens with zero attached hydrogens (tertiary/aromatic N) is 4. The van der Waals surface area contributed by atoms with Crippen LogP contribution >= 0.6 is 0 Å². The van der Waals surface area contributed by atoms with Crippen LogP contribution in [0.15, 0.2) is 12.4 Å². The molecule has 1 N–H and O–H groups in total. The van der Waals surface area contributed by atoms with Crippen LogP contribution < -0.4 is 9.64 Å². The Kier molecular flexibility index (Phi) is 4.89. The molecule has 2 aliphatic heterocycles. The summed E-state index contributed by atoms with van der Waals surface area (Å²) in [4.78, 5) is 25.1. The standard InChI is InChI=1S/C17H26N4O3/c1-13(2)24-15-14(18-7-8-19-15)21-11-5-6-17(23,12-21)16(22)20-9-3-4-10-20/h7-8,13,23H,3-6,9-12H2,1-2H3. The first kappa shape index (κ1) is 17.0. The summed E-state index contributed by atoms with van der Waals surface area (Å²) in [5.41, 5.74) is -1.35. The number of hydrogen-bond donors (Lipinski definition) is 1. The molecule has 1 aromatic heterocycles. The van der Waals surface area contributed by atoms with Gasteiger partial charge in [0, 0.05) is 32.0 Å². The van der Waals surface area contributed by atoms with Crippen LogP contribution in [0.3, 0.4) is 0 Å². The van der Waals surface area contributed by atoms with Gasteiger partial charge in [0.25, 0.3) is 11.8 Å². The Labute approximate surface area is 142 Å². The number of carbonyl (C=O) groups is 1. The summed E-state index contributed by atoms with van der Waals surface area (Å²) in [5, 5.41) is 11.0. The van der Waals surface area contributed by atoms with Crippen LogP contribution in [0.5, 0.6) is 5.88 Å². The summed E-state index contributed by atoms with van der Waals surface area (Å²) < 4.78 is 5.73. The van der Waals surface area contributed by atoms with Gasteiger partial charge in [0.1, 0.15) is 0 Å². The minimum Gasteiger partial charge on any atom is -0.472 e. The third-order valence-electron chi connectivity index (χ3n) is 4.56. The molecule has 1 atom stereocenters. The summed E-state index contributed by atoms with van der Waals surface area (Å²) in [6, 6.07) is 0. The van der Waals surface area contributed by atoms with E-state index in [9.17, 15) is 9.90 Å². The second-order valence-corrected chi connectivity index (χ2v) is 6.91. The second kappa shape index (κ2) is 6.93. The average Bonchev–Trinajstić information content (AvgIpc) is 3.08. The lowest BCUT2D eigenvalue weighted by atomic mass is 9.91. The Morgan fingerprint density at radius 1 is 1.21 bits per heavy atom. The highest BCUT2D eigenvalue weighted by molar-refractivity contribution is 5.86. The van der Waals surface area contributed by atoms with Gasteiger partial charge in [-0.2, -0.15) is 0 Å². The SMILES string of the molecule is CC(C)Oc1nccnc1N1CCCC(O)(C(=O)N2CCCC2)C1. The summed E-state index contributed by atoms with van der Waals surface area (Å²) in [7, 11) is 0. The number of ether oxygens (including phenoxy) is 1. The highest BCUT2D eigenvalue weighted by Gasteiger charge is 2.44. The number of rotatable bonds is 4. The van der Waals surface area contributed by atoms with Crippen molar-refractivity contribution in [3.05, 3.63) is 12.4 Å². The molecule has 0 bridgehead atoms. The van der Waals surface area contributed by atoms with Crippen molar-refractivity contribution in [3.63, 3.8) is 0 Å². The molecule has 7 heteroatoms. The van der Waals surface area contributed by atoms with Crippen molar-refractivity contribution in [1.29, 1.82) is 0 Å². The van der Waals surface area contributed by atoms with Crippen LogP contribution in [0.1, 0.15) is 39.5 Å². The fourth-order valence-corrected chi connectivity index (χ4v) is 3.45. The number of anilines is 1. The number of β-amino-alcohol motifs (C(OH)–C–C–N with tert-alkyl or cyclic N) is 1. The predicted molar refractivity (Wildman–Crippen MR) is 90.0 cm³/mol. The maximum atomic E-state index is 12.7. The van der Waals surface area contributed by atoms with Crippen molar-refractivity contribution < 1.29 is 14.6 Å². The number of aromatic nitrogens is 2. The first-order valence-corrected chi connectivity index (χ1v) is 8.74. The van der Waals surface area contributed by atoms with E-state index in [2.05, 4.69) is 9.97 Å². The molecule has 3 rings (SSSR count). The summed E-state index contributed by atoms with van der Waals surface area (Å²) in [6.07, 6.45) is 6.43. The first-order valence-electron chi connectivity index (χ1n) is 8.74. The molecular formula is C17H26N4O3. The van der Waals surface area contributed by atoms with E-state index in [1.807, 2.05) is 18.7 Å². The van der Waals surface area contributed by atoms with E-state index >= 15 is 0 Å². The van der Waals surface area contributed by atoms with E-state index in [4.69, 9.17) is 4.74 Å². The number of hydrogen-bond acceptors (Lipinski definition) is 6. The fraction of sp³-hybridized carbons (Fsp3) is 0.706. The maximum Gasteiger partial charge on any atom is 0.257 e. The van der Waals surface area contributed by atoms with Crippen molar-refractivity contribution in [1.82, 2.24) is 14.9 Å². The molecule has 2 fully saturated rings. The zero-order valence-electron chi connectivity index (χ0n) is 14.4. The third-order valence-corrected chi connectivity index (χ3v) is 4.56. The van der Waals surface area contributed by atoms with Gasteiger partial charge in [0.15, 0.2) is 11.4 Å². The van der Waals surface area contributed by atoms with Crippen molar-refractivity contribution in [2.24, 2.45) is 0 Å². The third kappa shape index (κ3) is 3.45. The first-order chi connectivity index (χ1) is 11.5. The number of carbonyl (C=O) groups excluding carboxylic acids is 1. The lowest BCUT2D eigenvalue weighted by Crippen LogP contribution is -2.58. The van der Waals surface area contributed by atoms with E-state index in [0.717, 1.165) is 38.9 Å². The topological polar surface area (TPSA) is 78.8 Å². The van der Waals surface area contributed by atoms with Gasteiger partial charge in [-0.25, -0.2) is 9.97 Å². The van der Waals surface area contributed by atoms with Crippen LogP contribution in [-0.2, 0) is 4.79 Å². The Morgan fingerprint density at radius 2 is 1.92 bits per heavy atom. The van der Waals surface area contributed by atoms with E-state index < -0.39 is 5.60 Å². The average molecular weight is 334 g/mol.